The zero-order chi connectivity index (χ0) is 18.6. The molecule has 0 aliphatic rings. The number of carbonyl (C=O) groups excluding carboxylic acids is 1. The molecule has 0 fully saturated rings. The summed E-state index contributed by atoms with van der Waals surface area (Å²) < 4.78 is 38.4. The van der Waals surface area contributed by atoms with Crippen molar-refractivity contribution in [2.24, 2.45) is 0 Å². The van der Waals surface area contributed by atoms with Gasteiger partial charge in [0.15, 0.2) is 5.16 Å². The van der Waals surface area contributed by atoms with Crippen molar-refractivity contribution in [3.05, 3.63) is 42.2 Å². The van der Waals surface area contributed by atoms with Crippen LogP contribution in [0.2, 0.25) is 0 Å². The first-order valence-corrected chi connectivity index (χ1v) is 8.70. The molecule has 0 aliphatic heterocycles. The second-order valence-corrected chi connectivity index (χ2v) is 7.23. The topological polar surface area (TPSA) is 46.9 Å². The zero-order valence-corrected chi connectivity index (χ0v) is 15.0. The van der Waals surface area contributed by atoms with Crippen LogP contribution in [0.15, 0.2) is 41.8 Å². The van der Waals surface area contributed by atoms with Crippen molar-refractivity contribution in [2.45, 2.75) is 43.3 Å². The highest BCUT2D eigenvalue weighted by Crippen LogP contribution is 2.26. The maximum atomic E-state index is 12.2. The van der Waals surface area contributed by atoms with E-state index >= 15 is 0 Å². The smallest absolute Gasteiger partial charge is 0.346 e. The van der Waals surface area contributed by atoms with Gasteiger partial charge in [-0.2, -0.15) is 13.2 Å². The molecule has 1 N–H and O–H groups in total. The molecule has 25 heavy (non-hydrogen) atoms. The molecule has 1 aromatic carbocycles. The average molecular weight is 371 g/mol. The van der Waals surface area contributed by atoms with Crippen LogP contribution in [0.4, 0.5) is 13.2 Å². The molecular weight excluding hydrogens is 351 g/mol. The number of alkyl halides is 3. The summed E-state index contributed by atoms with van der Waals surface area (Å²) in [5, 5.41) is 1.74. The number of nitrogens with one attached hydrogen (secondary N) is 1. The van der Waals surface area contributed by atoms with Gasteiger partial charge in [0.05, 0.1) is 5.25 Å². The lowest BCUT2D eigenvalue weighted by Gasteiger charge is -2.14. The number of nitrogens with zero attached hydrogens (tertiary/aromatic N) is 2. The van der Waals surface area contributed by atoms with Crippen molar-refractivity contribution in [2.75, 3.05) is 6.54 Å². The number of aromatic nitrogens is 2. The number of rotatable bonds is 6. The molecule has 2 rings (SSSR count). The predicted molar refractivity (Wildman–Crippen MR) is 92.0 cm³/mol. The molecule has 0 saturated heterocycles. The van der Waals surface area contributed by atoms with Crippen molar-refractivity contribution in [3.8, 4) is 5.69 Å². The number of hydrogen-bond donors (Lipinski definition) is 1. The molecule has 1 unspecified atom stereocenters. The SMILES string of the molecule is CC(Sc1nccn1-c1ccc(C(C)C)cc1)C(=O)NCC(F)(F)F. The Morgan fingerprint density at radius 1 is 1.24 bits per heavy atom. The average Bonchev–Trinajstić information content (AvgIpc) is 3.00. The van der Waals surface area contributed by atoms with Crippen molar-refractivity contribution in [1.82, 2.24) is 14.9 Å². The van der Waals surface area contributed by atoms with E-state index in [-0.39, 0.29) is 0 Å². The first-order valence-electron chi connectivity index (χ1n) is 7.82. The summed E-state index contributed by atoms with van der Waals surface area (Å²) in [5.74, 6) is -0.255. The highest BCUT2D eigenvalue weighted by molar-refractivity contribution is 8.00. The Balaban J connectivity index is 2.07. The van der Waals surface area contributed by atoms with E-state index in [2.05, 4.69) is 18.8 Å². The van der Waals surface area contributed by atoms with Gasteiger partial charge >= 0.3 is 6.18 Å². The molecule has 2 aromatic rings. The van der Waals surface area contributed by atoms with Crippen molar-refractivity contribution < 1.29 is 18.0 Å². The van der Waals surface area contributed by atoms with Crippen molar-refractivity contribution >= 4 is 17.7 Å². The van der Waals surface area contributed by atoms with E-state index in [1.54, 1.807) is 19.3 Å². The largest absolute Gasteiger partial charge is 0.405 e. The Hall–Kier alpha value is -1.96. The van der Waals surface area contributed by atoms with Gasteiger partial charge in [-0.15, -0.1) is 0 Å². The fourth-order valence-electron chi connectivity index (χ4n) is 2.14. The van der Waals surface area contributed by atoms with Crippen LogP contribution in [0.1, 0.15) is 32.3 Å². The molecule has 0 spiro atoms. The molecule has 4 nitrogen and oxygen atoms in total. The van der Waals surface area contributed by atoms with Crippen molar-refractivity contribution in [1.29, 1.82) is 0 Å². The van der Waals surface area contributed by atoms with Crippen LogP contribution >= 0.6 is 11.8 Å². The summed E-state index contributed by atoms with van der Waals surface area (Å²) in [6, 6.07) is 7.95. The third kappa shape index (κ3) is 5.52. The number of thioether (sulfide) groups is 1. The minimum atomic E-state index is -4.42. The molecule has 136 valence electrons. The lowest BCUT2D eigenvalue weighted by atomic mass is 10.0. The molecule has 1 heterocycles. The van der Waals surface area contributed by atoms with E-state index in [0.29, 0.717) is 11.1 Å². The van der Waals surface area contributed by atoms with Crippen LogP contribution in [0.25, 0.3) is 5.69 Å². The zero-order valence-electron chi connectivity index (χ0n) is 14.2. The number of amides is 1. The Bertz CT molecular complexity index is 711. The van der Waals surface area contributed by atoms with Crippen LogP contribution in [-0.4, -0.2) is 33.4 Å². The van der Waals surface area contributed by atoms with Crippen LogP contribution in [0.3, 0.4) is 0 Å². The van der Waals surface area contributed by atoms with Gasteiger partial charge in [0.2, 0.25) is 5.91 Å². The van der Waals surface area contributed by atoms with Crippen LogP contribution in [0.5, 0.6) is 0 Å². The summed E-state index contributed by atoms with van der Waals surface area (Å²) in [4.78, 5) is 16.0. The Morgan fingerprint density at radius 3 is 2.44 bits per heavy atom. The summed E-state index contributed by atoms with van der Waals surface area (Å²) >= 11 is 1.11. The summed E-state index contributed by atoms with van der Waals surface area (Å²) in [6.07, 6.45) is -1.07. The molecule has 0 saturated carbocycles. The number of imidazole rings is 1. The van der Waals surface area contributed by atoms with Crippen LogP contribution in [0, 0.1) is 0 Å². The van der Waals surface area contributed by atoms with Gasteiger partial charge in [-0.25, -0.2) is 4.98 Å². The van der Waals surface area contributed by atoms with E-state index in [0.717, 1.165) is 17.4 Å². The third-order valence-corrected chi connectivity index (χ3v) is 4.64. The van der Waals surface area contributed by atoms with Crippen molar-refractivity contribution in [3.63, 3.8) is 0 Å². The number of hydrogen-bond acceptors (Lipinski definition) is 3. The molecule has 0 radical (unpaired) electrons. The van der Waals surface area contributed by atoms with E-state index in [9.17, 15) is 18.0 Å². The van der Waals surface area contributed by atoms with E-state index in [1.807, 2.05) is 34.1 Å². The number of halogens is 3. The number of benzene rings is 1. The highest BCUT2D eigenvalue weighted by atomic mass is 32.2. The molecule has 1 aromatic heterocycles. The van der Waals surface area contributed by atoms with Gasteiger partial charge in [0, 0.05) is 18.1 Å². The Labute approximate surface area is 148 Å². The first-order chi connectivity index (χ1) is 11.7. The summed E-state index contributed by atoms with van der Waals surface area (Å²) in [7, 11) is 0. The van der Waals surface area contributed by atoms with Gasteiger partial charge in [0.1, 0.15) is 6.54 Å². The monoisotopic (exact) mass is 371 g/mol. The fraction of sp³-hybridized carbons (Fsp3) is 0.412. The Kier molecular flexibility index (Phi) is 6.16. The quantitative estimate of drug-likeness (QED) is 0.776. The standard InChI is InChI=1S/C17H20F3N3OS/c1-11(2)13-4-6-14(7-5-13)23-9-8-21-16(23)25-12(3)15(24)22-10-17(18,19)20/h4-9,11-12H,10H2,1-3H3,(H,22,24). The van der Waals surface area contributed by atoms with Crippen LogP contribution in [-0.2, 0) is 4.79 Å². The predicted octanol–water partition coefficient (Wildman–Crippen LogP) is 4.15. The minimum Gasteiger partial charge on any atom is -0.346 e. The van der Waals surface area contributed by atoms with Gasteiger partial charge < -0.3 is 5.32 Å². The summed E-state index contributed by atoms with van der Waals surface area (Å²) in [6.45, 7) is 4.43. The second-order valence-electron chi connectivity index (χ2n) is 5.92. The lowest BCUT2D eigenvalue weighted by Crippen LogP contribution is -2.38. The minimum absolute atomic E-state index is 0.419. The van der Waals surface area contributed by atoms with Gasteiger partial charge in [0.25, 0.3) is 0 Å². The Morgan fingerprint density at radius 2 is 1.88 bits per heavy atom. The lowest BCUT2D eigenvalue weighted by molar-refractivity contribution is -0.137. The molecule has 1 amide bonds. The second kappa shape index (κ2) is 7.95. The summed E-state index contributed by atoms with van der Waals surface area (Å²) in [5.41, 5.74) is 2.09. The van der Waals surface area contributed by atoms with Gasteiger partial charge in [-0.1, -0.05) is 37.7 Å². The molecule has 0 bridgehead atoms. The van der Waals surface area contributed by atoms with Crippen LogP contribution < -0.4 is 5.32 Å². The van der Waals surface area contributed by atoms with E-state index in [1.165, 1.54) is 5.56 Å². The fourth-order valence-corrected chi connectivity index (χ4v) is 3.04. The first kappa shape index (κ1) is 19.4. The van der Waals surface area contributed by atoms with Gasteiger partial charge in [-0.05, 0) is 30.5 Å². The normalized spacial score (nSPS) is 13.1. The molecular formula is C17H20F3N3OS. The highest BCUT2D eigenvalue weighted by Gasteiger charge is 2.29. The maximum Gasteiger partial charge on any atom is 0.405 e. The molecule has 0 aliphatic carbocycles. The van der Waals surface area contributed by atoms with E-state index < -0.39 is 23.9 Å². The van der Waals surface area contributed by atoms with Gasteiger partial charge in [-0.3, -0.25) is 9.36 Å². The molecule has 1 atom stereocenters. The third-order valence-electron chi connectivity index (χ3n) is 3.56. The number of carbonyl (C=O) groups is 1. The van der Waals surface area contributed by atoms with E-state index in [4.69, 9.17) is 0 Å². The maximum absolute atomic E-state index is 12.2. The molecule has 8 heteroatoms.